The highest BCUT2D eigenvalue weighted by atomic mass is 16.4. The second-order valence-electron chi connectivity index (χ2n) is 3.54. The number of hydrogen-bond donors (Lipinski definition) is 1. The van der Waals surface area contributed by atoms with Crippen LogP contribution in [0.2, 0.25) is 0 Å². The highest BCUT2D eigenvalue weighted by molar-refractivity contribution is 5.85. The normalized spacial score (nSPS) is 23.5. The number of aliphatic carboxylic acids is 1. The van der Waals surface area contributed by atoms with Crippen LogP contribution >= 0.6 is 0 Å². The van der Waals surface area contributed by atoms with Crippen LogP contribution in [-0.2, 0) is 9.59 Å². The molecule has 0 aromatic carbocycles. The number of carboxylic acid groups (broad SMARTS) is 1. The molecule has 0 radical (unpaired) electrons. The van der Waals surface area contributed by atoms with E-state index in [1.807, 2.05) is 0 Å². The zero-order valence-corrected chi connectivity index (χ0v) is 7.82. The van der Waals surface area contributed by atoms with Gasteiger partial charge in [0, 0.05) is 6.42 Å². The van der Waals surface area contributed by atoms with E-state index in [0.717, 1.165) is 19.3 Å². The lowest BCUT2D eigenvalue weighted by molar-refractivity contribution is -0.139. The molecule has 74 valence electrons. The summed E-state index contributed by atoms with van der Waals surface area (Å²) >= 11 is 0. The fourth-order valence-corrected chi connectivity index (χ4v) is 1.75. The van der Waals surface area contributed by atoms with Crippen molar-refractivity contribution < 1.29 is 14.7 Å². The monoisotopic (exact) mass is 185 g/mol. The molecule has 1 aliphatic carbocycles. The Morgan fingerprint density at radius 3 is 2.85 bits per heavy atom. The van der Waals surface area contributed by atoms with Crippen LogP contribution < -0.4 is 0 Å². The number of nitrogens with zero attached hydrogens (tertiary/aromatic N) is 1. The number of ketones is 1. The van der Waals surface area contributed by atoms with Crippen LogP contribution in [0.1, 0.15) is 25.7 Å². The molecule has 1 atom stereocenters. The van der Waals surface area contributed by atoms with Crippen molar-refractivity contribution in [3.8, 4) is 0 Å². The molecule has 4 heteroatoms. The maximum atomic E-state index is 11.4. The predicted octanol–water partition coefficient (Wildman–Crippen LogP) is 0.514. The third-order valence-corrected chi connectivity index (χ3v) is 2.44. The first-order valence-corrected chi connectivity index (χ1v) is 4.56. The highest BCUT2D eigenvalue weighted by Crippen LogP contribution is 2.18. The van der Waals surface area contributed by atoms with E-state index in [0.29, 0.717) is 6.42 Å². The first-order valence-electron chi connectivity index (χ1n) is 4.56. The summed E-state index contributed by atoms with van der Waals surface area (Å²) in [6.07, 6.45) is 3.40. The van der Waals surface area contributed by atoms with E-state index in [1.165, 1.54) is 0 Å². The Bertz CT molecular complexity index is 215. The second kappa shape index (κ2) is 4.37. The zero-order chi connectivity index (χ0) is 9.84. The van der Waals surface area contributed by atoms with Gasteiger partial charge in [0.05, 0.1) is 12.6 Å². The zero-order valence-electron chi connectivity index (χ0n) is 7.82. The van der Waals surface area contributed by atoms with Crippen molar-refractivity contribution in [3.63, 3.8) is 0 Å². The number of hydrogen-bond acceptors (Lipinski definition) is 3. The summed E-state index contributed by atoms with van der Waals surface area (Å²) in [6, 6.07) is -0.162. The Labute approximate surface area is 77.5 Å². The van der Waals surface area contributed by atoms with Crippen LogP contribution in [0.5, 0.6) is 0 Å². The minimum Gasteiger partial charge on any atom is -0.480 e. The first kappa shape index (κ1) is 10.2. The molecule has 0 saturated heterocycles. The molecule has 1 aliphatic rings. The Hall–Kier alpha value is -0.900. The summed E-state index contributed by atoms with van der Waals surface area (Å²) in [5.41, 5.74) is 0. The summed E-state index contributed by atoms with van der Waals surface area (Å²) in [5, 5.41) is 8.55. The topological polar surface area (TPSA) is 57.6 Å². The van der Waals surface area contributed by atoms with Gasteiger partial charge >= 0.3 is 5.97 Å². The Kier molecular flexibility index (Phi) is 3.42. The number of rotatable bonds is 3. The average molecular weight is 185 g/mol. The van der Waals surface area contributed by atoms with Crippen molar-refractivity contribution in [2.24, 2.45) is 0 Å². The predicted molar refractivity (Wildman–Crippen MR) is 47.5 cm³/mol. The van der Waals surface area contributed by atoms with E-state index in [4.69, 9.17) is 5.11 Å². The molecule has 1 unspecified atom stereocenters. The van der Waals surface area contributed by atoms with Gasteiger partial charge in [-0.25, -0.2) is 0 Å². The van der Waals surface area contributed by atoms with E-state index < -0.39 is 5.97 Å². The van der Waals surface area contributed by atoms with E-state index in [1.54, 1.807) is 11.9 Å². The van der Waals surface area contributed by atoms with Crippen molar-refractivity contribution in [1.82, 2.24) is 4.90 Å². The van der Waals surface area contributed by atoms with Crippen LogP contribution in [0.15, 0.2) is 0 Å². The Balaban J connectivity index is 2.48. The van der Waals surface area contributed by atoms with Gasteiger partial charge in [0.25, 0.3) is 0 Å². The number of likely N-dealkylation sites (N-methyl/N-ethyl adjacent to an activating group) is 1. The summed E-state index contributed by atoms with van der Waals surface area (Å²) < 4.78 is 0. The molecule has 1 N–H and O–H groups in total. The number of carboxylic acids is 1. The van der Waals surface area contributed by atoms with Gasteiger partial charge in [-0.05, 0) is 19.9 Å². The van der Waals surface area contributed by atoms with Crippen molar-refractivity contribution in [3.05, 3.63) is 0 Å². The van der Waals surface area contributed by atoms with Crippen LogP contribution in [0.4, 0.5) is 0 Å². The fourth-order valence-electron chi connectivity index (χ4n) is 1.75. The third kappa shape index (κ3) is 2.81. The van der Waals surface area contributed by atoms with E-state index in [9.17, 15) is 9.59 Å². The molecule has 1 saturated carbocycles. The molecule has 1 rings (SSSR count). The molecule has 0 spiro atoms. The lowest BCUT2D eigenvalue weighted by atomic mass is 9.93. The summed E-state index contributed by atoms with van der Waals surface area (Å²) in [6.45, 7) is -0.0452. The molecule has 0 aromatic rings. The van der Waals surface area contributed by atoms with Gasteiger partial charge in [0.2, 0.25) is 0 Å². The minimum atomic E-state index is -0.874. The SMILES string of the molecule is CN(CC(=O)O)C1CCCCC1=O. The lowest BCUT2D eigenvalue weighted by Crippen LogP contribution is -2.42. The third-order valence-electron chi connectivity index (χ3n) is 2.44. The van der Waals surface area contributed by atoms with Crippen molar-refractivity contribution in [2.45, 2.75) is 31.7 Å². The summed E-state index contributed by atoms with van der Waals surface area (Å²) in [4.78, 5) is 23.4. The molecule has 4 nitrogen and oxygen atoms in total. The fraction of sp³-hybridized carbons (Fsp3) is 0.778. The molecule has 0 heterocycles. The van der Waals surface area contributed by atoms with Crippen LogP contribution in [-0.4, -0.2) is 41.4 Å². The summed E-state index contributed by atoms with van der Waals surface area (Å²) in [7, 11) is 1.70. The van der Waals surface area contributed by atoms with Crippen LogP contribution in [0.25, 0.3) is 0 Å². The number of carbonyl (C=O) groups is 2. The largest absolute Gasteiger partial charge is 0.480 e. The maximum Gasteiger partial charge on any atom is 0.317 e. The van der Waals surface area contributed by atoms with Gasteiger partial charge < -0.3 is 5.11 Å². The van der Waals surface area contributed by atoms with Gasteiger partial charge in [-0.3, -0.25) is 14.5 Å². The Morgan fingerprint density at radius 1 is 1.62 bits per heavy atom. The second-order valence-corrected chi connectivity index (χ2v) is 3.54. The number of carbonyl (C=O) groups excluding carboxylic acids is 1. The van der Waals surface area contributed by atoms with E-state index in [-0.39, 0.29) is 18.4 Å². The van der Waals surface area contributed by atoms with Gasteiger partial charge in [0.15, 0.2) is 0 Å². The summed E-state index contributed by atoms with van der Waals surface area (Å²) in [5.74, 6) is -0.684. The van der Waals surface area contributed by atoms with Gasteiger partial charge in [-0.15, -0.1) is 0 Å². The highest BCUT2D eigenvalue weighted by Gasteiger charge is 2.26. The van der Waals surface area contributed by atoms with E-state index >= 15 is 0 Å². The first-order chi connectivity index (χ1) is 6.11. The van der Waals surface area contributed by atoms with Gasteiger partial charge in [-0.1, -0.05) is 6.42 Å². The van der Waals surface area contributed by atoms with Crippen LogP contribution in [0, 0.1) is 0 Å². The molecule has 0 aromatic heterocycles. The average Bonchev–Trinajstić information content (AvgIpc) is 2.03. The lowest BCUT2D eigenvalue weighted by Gasteiger charge is -2.28. The number of Topliss-reactive ketones (excluding diaryl/α,β-unsaturated/α-hetero) is 1. The molecule has 0 bridgehead atoms. The standard InChI is InChI=1S/C9H15NO3/c1-10(6-9(12)13)7-4-2-3-5-8(7)11/h7H,2-6H2,1H3,(H,12,13). The quantitative estimate of drug-likeness (QED) is 0.696. The maximum absolute atomic E-state index is 11.4. The Morgan fingerprint density at radius 2 is 2.31 bits per heavy atom. The molecule has 0 aliphatic heterocycles. The smallest absolute Gasteiger partial charge is 0.317 e. The van der Waals surface area contributed by atoms with Gasteiger partial charge in [0.1, 0.15) is 5.78 Å². The molecular formula is C9H15NO3. The molecule has 13 heavy (non-hydrogen) atoms. The van der Waals surface area contributed by atoms with Crippen molar-refractivity contribution in [2.75, 3.05) is 13.6 Å². The van der Waals surface area contributed by atoms with Crippen LogP contribution in [0.3, 0.4) is 0 Å². The molecular weight excluding hydrogens is 170 g/mol. The molecule has 1 fully saturated rings. The van der Waals surface area contributed by atoms with Crippen molar-refractivity contribution in [1.29, 1.82) is 0 Å². The van der Waals surface area contributed by atoms with Gasteiger partial charge in [-0.2, -0.15) is 0 Å². The van der Waals surface area contributed by atoms with Crippen molar-refractivity contribution >= 4 is 11.8 Å². The molecule has 0 amide bonds. The van der Waals surface area contributed by atoms with E-state index in [2.05, 4.69) is 0 Å². The minimum absolute atomic E-state index is 0.0452.